The molecule has 0 spiro atoms. The van der Waals surface area contributed by atoms with Crippen molar-refractivity contribution in [3.63, 3.8) is 0 Å². The van der Waals surface area contributed by atoms with Crippen LogP contribution in [0.3, 0.4) is 0 Å². The third-order valence-corrected chi connectivity index (χ3v) is 7.43. The Morgan fingerprint density at radius 2 is 1.85 bits per heavy atom. The molecular formula is C29H33F4N3O3. The van der Waals surface area contributed by atoms with Crippen molar-refractivity contribution in [3.05, 3.63) is 76.0 Å². The molecule has 2 heterocycles. The first-order valence-corrected chi connectivity index (χ1v) is 13.1. The van der Waals surface area contributed by atoms with Gasteiger partial charge in [0, 0.05) is 36.8 Å². The molecule has 1 N–H and O–H groups in total. The van der Waals surface area contributed by atoms with Crippen LogP contribution in [0.25, 0.3) is 0 Å². The number of halogens is 4. The number of carboxylic acids is 1. The molecule has 0 saturated heterocycles. The van der Waals surface area contributed by atoms with Gasteiger partial charge in [0.15, 0.2) is 0 Å². The van der Waals surface area contributed by atoms with Gasteiger partial charge in [0.2, 0.25) is 5.88 Å². The summed E-state index contributed by atoms with van der Waals surface area (Å²) in [6.45, 7) is 2.31. The Morgan fingerprint density at radius 1 is 1.10 bits per heavy atom. The Hall–Kier alpha value is -3.43. The highest BCUT2D eigenvalue weighted by molar-refractivity contribution is 5.68. The molecule has 0 bridgehead atoms. The zero-order valence-corrected chi connectivity index (χ0v) is 22.3. The van der Waals surface area contributed by atoms with Gasteiger partial charge in [-0.25, -0.2) is 9.07 Å². The highest BCUT2D eigenvalue weighted by atomic mass is 19.4. The van der Waals surface area contributed by atoms with E-state index in [-0.39, 0.29) is 17.5 Å². The number of hydrogen-bond donors (Lipinski definition) is 1. The first kappa shape index (κ1) is 28.6. The molecule has 0 fully saturated rings. The lowest BCUT2D eigenvalue weighted by Crippen LogP contribution is -2.36. The van der Waals surface area contributed by atoms with Gasteiger partial charge in [-0.2, -0.15) is 18.3 Å². The number of fused-ring (bicyclic) bond motifs is 1. The van der Waals surface area contributed by atoms with E-state index in [1.807, 2.05) is 6.07 Å². The van der Waals surface area contributed by atoms with Gasteiger partial charge in [0.1, 0.15) is 5.82 Å². The first-order valence-electron chi connectivity index (χ1n) is 13.1. The Balaban J connectivity index is 1.48. The third kappa shape index (κ3) is 6.78. The normalized spacial score (nSPS) is 14.6. The lowest BCUT2D eigenvalue weighted by Gasteiger charge is -2.29. The smallest absolute Gasteiger partial charge is 0.397 e. The summed E-state index contributed by atoms with van der Waals surface area (Å²) < 4.78 is 62.8. The van der Waals surface area contributed by atoms with Crippen molar-refractivity contribution in [2.75, 3.05) is 6.61 Å². The number of pyridine rings is 1. The topological polar surface area (TPSA) is 77.2 Å². The van der Waals surface area contributed by atoms with Crippen LogP contribution in [0.1, 0.15) is 72.8 Å². The quantitative estimate of drug-likeness (QED) is 0.311. The largest absolute Gasteiger partial charge is 0.481 e. The summed E-state index contributed by atoms with van der Waals surface area (Å²) in [5.74, 6) is -2.32. The molecule has 1 unspecified atom stereocenters. The van der Waals surface area contributed by atoms with Crippen molar-refractivity contribution < 1.29 is 32.2 Å². The fraction of sp³-hybridized carbons (Fsp3) is 0.483. The van der Waals surface area contributed by atoms with Crippen molar-refractivity contribution in [3.8, 4) is 5.88 Å². The summed E-state index contributed by atoms with van der Waals surface area (Å²) in [6, 6.07) is 9.01. The number of aromatic nitrogens is 3. The Bertz CT molecular complexity index is 1330. The van der Waals surface area contributed by atoms with Crippen molar-refractivity contribution >= 4 is 5.97 Å². The van der Waals surface area contributed by atoms with E-state index >= 15 is 0 Å². The zero-order chi connectivity index (χ0) is 28.4. The molecule has 210 valence electrons. The summed E-state index contributed by atoms with van der Waals surface area (Å²) in [5, 5.41) is 13.9. The van der Waals surface area contributed by atoms with Gasteiger partial charge < -0.3 is 9.84 Å². The predicted octanol–water partition coefficient (Wildman–Crippen LogP) is 6.10. The summed E-state index contributed by atoms with van der Waals surface area (Å²) >= 11 is 0. The second-order valence-corrected chi connectivity index (χ2v) is 10.7. The lowest BCUT2D eigenvalue weighted by molar-refractivity contribution is -0.180. The molecular weight excluding hydrogens is 514 g/mol. The van der Waals surface area contributed by atoms with Gasteiger partial charge >= 0.3 is 12.1 Å². The summed E-state index contributed by atoms with van der Waals surface area (Å²) in [5.41, 5.74) is 1.51. The SMILES string of the molecule is Cn1nc(CC(CC(=O)O)c2cc(F)cc(C(C)(C)C(F)(F)F)c2)cc1OCCc1ccc2c(n1)CCCC2. The standard InChI is InChI=1S/C29H33F4N3O3/c1-28(2,29(31,32)33)21-12-19(13-22(30)16-21)20(15-27(37)38)14-24-17-26(36(3)35-24)39-11-10-23-9-8-18-6-4-5-7-25(18)34-23/h8-9,12-13,16-17,20H,4-7,10-11,14-15H2,1-3H3,(H,37,38). The number of aryl methyl sites for hydroxylation is 3. The van der Waals surface area contributed by atoms with Gasteiger partial charge in [-0.1, -0.05) is 12.1 Å². The number of rotatable bonds is 10. The number of benzene rings is 1. The number of hydrogen-bond acceptors (Lipinski definition) is 4. The van der Waals surface area contributed by atoms with E-state index < -0.39 is 35.7 Å². The monoisotopic (exact) mass is 547 g/mol. The van der Waals surface area contributed by atoms with Crippen molar-refractivity contribution in [1.82, 2.24) is 14.8 Å². The summed E-state index contributed by atoms with van der Waals surface area (Å²) in [4.78, 5) is 16.4. The number of carbonyl (C=O) groups is 1. The Morgan fingerprint density at radius 3 is 2.56 bits per heavy atom. The molecule has 1 aliphatic carbocycles. The number of alkyl halides is 3. The van der Waals surface area contributed by atoms with Crippen molar-refractivity contribution in [2.24, 2.45) is 7.05 Å². The molecule has 4 rings (SSSR count). The maximum atomic E-state index is 14.5. The van der Waals surface area contributed by atoms with E-state index in [1.165, 1.54) is 22.7 Å². The highest BCUT2D eigenvalue weighted by Crippen LogP contribution is 2.42. The molecule has 2 aromatic heterocycles. The second-order valence-electron chi connectivity index (χ2n) is 10.7. The third-order valence-electron chi connectivity index (χ3n) is 7.43. The van der Waals surface area contributed by atoms with Crippen LogP contribution in [-0.2, 0) is 42.9 Å². The van der Waals surface area contributed by atoms with Gasteiger partial charge in [0.05, 0.1) is 24.1 Å². The first-order chi connectivity index (χ1) is 18.3. The van der Waals surface area contributed by atoms with E-state index in [4.69, 9.17) is 9.72 Å². The van der Waals surface area contributed by atoms with E-state index in [1.54, 1.807) is 13.1 Å². The minimum atomic E-state index is -4.61. The van der Waals surface area contributed by atoms with Crippen LogP contribution in [0.4, 0.5) is 17.6 Å². The average Bonchev–Trinajstić information content (AvgIpc) is 3.20. The molecule has 1 atom stereocenters. The maximum Gasteiger partial charge on any atom is 0.397 e. The number of aliphatic carboxylic acids is 1. The second kappa shape index (κ2) is 11.4. The van der Waals surface area contributed by atoms with Crippen LogP contribution in [0.15, 0.2) is 36.4 Å². The number of nitrogens with zero attached hydrogens (tertiary/aromatic N) is 3. The molecule has 0 radical (unpaired) electrons. The minimum Gasteiger partial charge on any atom is -0.481 e. The van der Waals surface area contributed by atoms with Gasteiger partial charge in [-0.15, -0.1) is 0 Å². The van der Waals surface area contributed by atoms with E-state index in [0.29, 0.717) is 24.6 Å². The van der Waals surface area contributed by atoms with Crippen LogP contribution >= 0.6 is 0 Å². The molecule has 0 saturated carbocycles. The van der Waals surface area contributed by atoms with Crippen molar-refractivity contribution in [2.45, 2.75) is 76.3 Å². The summed E-state index contributed by atoms with van der Waals surface area (Å²) in [6.07, 6.45) is 0.0941. The molecule has 0 amide bonds. The minimum absolute atomic E-state index is 0.0885. The molecule has 6 nitrogen and oxygen atoms in total. The van der Waals surface area contributed by atoms with Crippen LogP contribution in [0.2, 0.25) is 0 Å². The van der Waals surface area contributed by atoms with Gasteiger partial charge in [-0.3, -0.25) is 9.78 Å². The molecule has 1 aromatic carbocycles. The predicted molar refractivity (Wildman–Crippen MR) is 137 cm³/mol. The van der Waals surface area contributed by atoms with Gasteiger partial charge in [-0.05, 0) is 80.8 Å². The number of carboxylic acid groups (broad SMARTS) is 1. The summed E-state index contributed by atoms with van der Waals surface area (Å²) in [7, 11) is 1.69. The molecule has 1 aliphatic rings. The average molecular weight is 548 g/mol. The fourth-order valence-corrected chi connectivity index (χ4v) is 4.91. The van der Waals surface area contributed by atoms with Crippen LogP contribution < -0.4 is 4.74 Å². The van der Waals surface area contributed by atoms with Crippen molar-refractivity contribution in [1.29, 1.82) is 0 Å². The molecule has 10 heteroatoms. The zero-order valence-electron chi connectivity index (χ0n) is 22.3. The van der Waals surface area contributed by atoms with Gasteiger partial charge in [0.25, 0.3) is 0 Å². The van der Waals surface area contributed by atoms with E-state index in [2.05, 4.69) is 11.2 Å². The van der Waals surface area contributed by atoms with Crippen LogP contribution in [0, 0.1) is 5.82 Å². The van der Waals surface area contributed by atoms with E-state index in [9.17, 15) is 27.5 Å². The highest BCUT2D eigenvalue weighted by Gasteiger charge is 2.48. The maximum absolute atomic E-state index is 14.5. The fourth-order valence-electron chi connectivity index (χ4n) is 4.91. The number of ether oxygens (including phenoxy) is 1. The Labute approximate surface area is 225 Å². The van der Waals surface area contributed by atoms with Crippen LogP contribution in [-0.4, -0.2) is 38.6 Å². The molecule has 0 aliphatic heterocycles. The van der Waals surface area contributed by atoms with E-state index in [0.717, 1.165) is 56.6 Å². The van der Waals surface area contributed by atoms with Crippen LogP contribution in [0.5, 0.6) is 5.88 Å². The molecule has 39 heavy (non-hydrogen) atoms. The molecule has 3 aromatic rings. The Kier molecular flexibility index (Phi) is 8.32. The lowest BCUT2D eigenvalue weighted by atomic mass is 9.81.